The zero-order valence-electron chi connectivity index (χ0n) is 11.8. The number of amides is 1. The molecule has 2 heterocycles. The van der Waals surface area contributed by atoms with Crippen LogP contribution in [-0.4, -0.2) is 16.0 Å². The normalized spacial score (nSPS) is 19.5. The molecule has 1 amide bonds. The van der Waals surface area contributed by atoms with Crippen LogP contribution in [0.2, 0.25) is 0 Å². The smallest absolute Gasteiger partial charge is 0.274 e. The van der Waals surface area contributed by atoms with Gasteiger partial charge in [0.05, 0.1) is 6.04 Å². The number of hydrogen-bond donors (Lipinski definition) is 1. The fourth-order valence-corrected chi connectivity index (χ4v) is 3.42. The number of nitrogens with one attached hydrogen (secondary N) is 1. The molecule has 0 saturated heterocycles. The van der Waals surface area contributed by atoms with E-state index in [1.807, 2.05) is 13.1 Å². The molecule has 2 fully saturated rings. The van der Waals surface area contributed by atoms with Gasteiger partial charge in [-0.05, 0) is 38.5 Å². The van der Waals surface area contributed by atoms with Crippen molar-refractivity contribution in [1.82, 2.24) is 15.5 Å². The molecule has 2 aromatic heterocycles. The largest absolute Gasteiger partial charge is 0.360 e. The van der Waals surface area contributed by atoms with E-state index in [1.54, 1.807) is 17.4 Å². The number of carbonyl (C=O) groups excluding carboxylic acids is 1. The van der Waals surface area contributed by atoms with Crippen molar-refractivity contribution in [2.75, 3.05) is 0 Å². The summed E-state index contributed by atoms with van der Waals surface area (Å²) in [5.41, 5.74) is 0.385. The van der Waals surface area contributed by atoms with E-state index in [-0.39, 0.29) is 11.9 Å². The van der Waals surface area contributed by atoms with Crippen molar-refractivity contribution < 1.29 is 9.32 Å². The third-order valence-corrected chi connectivity index (χ3v) is 5.02. The van der Waals surface area contributed by atoms with Crippen molar-refractivity contribution in [3.8, 4) is 0 Å². The monoisotopic (exact) mass is 303 g/mol. The van der Waals surface area contributed by atoms with Gasteiger partial charge in [0, 0.05) is 23.1 Å². The number of carbonyl (C=O) groups is 1. The number of hydrogen-bond acceptors (Lipinski definition) is 5. The third-order valence-electron chi connectivity index (χ3n) is 4.03. The van der Waals surface area contributed by atoms with Gasteiger partial charge in [-0.25, -0.2) is 4.98 Å². The van der Waals surface area contributed by atoms with E-state index < -0.39 is 0 Å². The molecular formula is C15H17N3O2S. The minimum absolute atomic E-state index is 0.0114. The molecule has 2 aromatic rings. The molecule has 0 unspecified atom stereocenters. The second kappa shape index (κ2) is 4.94. The molecule has 4 rings (SSSR count). The summed E-state index contributed by atoms with van der Waals surface area (Å²) in [5.74, 6) is 1.66. The molecule has 0 aromatic carbocycles. The van der Waals surface area contributed by atoms with Gasteiger partial charge >= 0.3 is 0 Å². The molecular weight excluding hydrogens is 286 g/mol. The molecule has 1 atom stereocenters. The highest BCUT2D eigenvalue weighted by atomic mass is 32.1. The van der Waals surface area contributed by atoms with Crippen molar-refractivity contribution >= 4 is 17.2 Å². The Morgan fingerprint density at radius 2 is 2.24 bits per heavy atom. The van der Waals surface area contributed by atoms with E-state index in [0.717, 1.165) is 36.5 Å². The molecule has 2 aliphatic carbocycles. The molecule has 0 bridgehead atoms. The molecule has 6 heteroatoms. The average Bonchev–Trinajstić information content (AvgIpc) is 3.40. The topological polar surface area (TPSA) is 68.0 Å². The van der Waals surface area contributed by atoms with Crippen molar-refractivity contribution in [3.63, 3.8) is 0 Å². The van der Waals surface area contributed by atoms with Crippen LogP contribution < -0.4 is 5.32 Å². The fourth-order valence-electron chi connectivity index (χ4n) is 2.50. The van der Waals surface area contributed by atoms with Crippen molar-refractivity contribution in [2.45, 2.75) is 44.6 Å². The van der Waals surface area contributed by atoms with Gasteiger partial charge in [0.1, 0.15) is 10.8 Å². The number of rotatable bonds is 5. The first-order valence-electron chi connectivity index (χ1n) is 7.40. The van der Waals surface area contributed by atoms with Gasteiger partial charge < -0.3 is 9.84 Å². The summed E-state index contributed by atoms with van der Waals surface area (Å²) in [4.78, 5) is 18.0. The van der Waals surface area contributed by atoms with Gasteiger partial charge in [0.25, 0.3) is 5.91 Å². The van der Waals surface area contributed by atoms with Crippen LogP contribution in [0, 0.1) is 12.8 Å². The van der Waals surface area contributed by atoms with Gasteiger partial charge in [-0.2, -0.15) is 0 Å². The second-order valence-corrected chi connectivity index (χ2v) is 7.25. The van der Waals surface area contributed by atoms with Crippen LogP contribution in [0.1, 0.15) is 63.8 Å². The van der Waals surface area contributed by atoms with E-state index in [4.69, 9.17) is 4.52 Å². The van der Waals surface area contributed by atoms with Gasteiger partial charge in [-0.3, -0.25) is 4.79 Å². The lowest BCUT2D eigenvalue weighted by Gasteiger charge is -2.14. The summed E-state index contributed by atoms with van der Waals surface area (Å²) < 4.78 is 5.25. The quantitative estimate of drug-likeness (QED) is 0.921. The van der Waals surface area contributed by atoms with Crippen molar-refractivity contribution in [1.29, 1.82) is 0 Å². The second-order valence-electron chi connectivity index (χ2n) is 5.99. The van der Waals surface area contributed by atoms with Gasteiger partial charge in [0.2, 0.25) is 0 Å². The van der Waals surface area contributed by atoms with Crippen LogP contribution in [-0.2, 0) is 0 Å². The number of nitrogens with zero attached hydrogens (tertiary/aromatic N) is 2. The predicted molar refractivity (Wildman–Crippen MR) is 78.3 cm³/mol. The summed E-state index contributed by atoms with van der Waals surface area (Å²) in [6.45, 7) is 2.03. The van der Waals surface area contributed by atoms with Crippen LogP contribution in [0.3, 0.4) is 0 Å². The summed E-state index contributed by atoms with van der Waals surface area (Å²) in [6.07, 6.45) is 6.44. The SMILES string of the molecule is Cc1cnc([C@@H](NC(=O)c2cc(C3CC3)on2)C2CC2)s1. The lowest BCUT2D eigenvalue weighted by molar-refractivity contribution is 0.0922. The maximum absolute atomic E-state index is 12.4. The number of aromatic nitrogens is 2. The molecule has 0 radical (unpaired) electrons. The molecule has 0 aliphatic heterocycles. The van der Waals surface area contributed by atoms with E-state index in [1.165, 1.54) is 4.88 Å². The maximum atomic E-state index is 12.4. The number of thiazole rings is 1. The summed E-state index contributed by atoms with van der Waals surface area (Å²) in [7, 11) is 0. The van der Waals surface area contributed by atoms with E-state index in [2.05, 4.69) is 15.5 Å². The minimum atomic E-state index is -0.157. The Balaban J connectivity index is 1.50. The number of aryl methyl sites for hydroxylation is 1. The minimum Gasteiger partial charge on any atom is -0.360 e. The first kappa shape index (κ1) is 13.0. The van der Waals surface area contributed by atoms with E-state index >= 15 is 0 Å². The lowest BCUT2D eigenvalue weighted by Crippen LogP contribution is -2.30. The zero-order valence-corrected chi connectivity index (χ0v) is 12.7. The fraction of sp³-hybridized carbons (Fsp3) is 0.533. The Bertz CT molecular complexity index is 670. The first-order chi connectivity index (χ1) is 10.2. The van der Waals surface area contributed by atoms with Crippen LogP contribution in [0.4, 0.5) is 0 Å². The Kier molecular flexibility index (Phi) is 3.06. The highest BCUT2D eigenvalue weighted by Crippen LogP contribution is 2.42. The molecule has 110 valence electrons. The molecule has 2 aliphatic rings. The van der Waals surface area contributed by atoms with Gasteiger partial charge in [0.15, 0.2) is 5.69 Å². The first-order valence-corrected chi connectivity index (χ1v) is 8.22. The molecule has 21 heavy (non-hydrogen) atoms. The van der Waals surface area contributed by atoms with Crippen LogP contribution in [0.15, 0.2) is 16.8 Å². The van der Waals surface area contributed by atoms with Crippen LogP contribution >= 0.6 is 11.3 Å². The van der Waals surface area contributed by atoms with Crippen molar-refractivity contribution in [3.05, 3.63) is 33.6 Å². The predicted octanol–water partition coefficient (Wildman–Crippen LogP) is 3.20. The van der Waals surface area contributed by atoms with Crippen LogP contribution in [0.5, 0.6) is 0 Å². The standard InChI is InChI=1S/C15H17N3O2S/c1-8-7-16-15(21-8)13(10-4-5-10)17-14(19)11-6-12(20-18-11)9-2-3-9/h6-7,9-10,13H,2-5H2,1H3,(H,17,19)/t13-/m0/s1. The Hall–Kier alpha value is -1.69. The zero-order chi connectivity index (χ0) is 14.4. The highest BCUT2D eigenvalue weighted by Gasteiger charge is 2.36. The van der Waals surface area contributed by atoms with E-state index in [9.17, 15) is 4.79 Å². The van der Waals surface area contributed by atoms with Gasteiger partial charge in [-0.1, -0.05) is 5.16 Å². The summed E-state index contributed by atoms with van der Waals surface area (Å²) in [5, 5.41) is 7.98. The molecule has 5 nitrogen and oxygen atoms in total. The molecule has 2 saturated carbocycles. The Labute approximate surface area is 126 Å². The highest BCUT2D eigenvalue weighted by molar-refractivity contribution is 7.11. The average molecular weight is 303 g/mol. The van der Waals surface area contributed by atoms with Crippen LogP contribution in [0.25, 0.3) is 0 Å². The maximum Gasteiger partial charge on any atom is 0.274 e. The lowest BCUT2D eigenvalue weighted by atomic mass is 10.2. The summed E-state index contributed by atoms with van der Waals surface area (Å²) >= 11 is 1.65. The van der Waals surface area contributed by atoms with Crippen molar-refractivity contribution in [2.24, 2.45) is 5.92 Å². The Morgan fingerprint density at radius 1 is 1.43 bits per heavy atom. The van der Waals surface area contributed by atoms with E-state index in [0.29, 0.717) is 17.5 Å². The summed E-state index contributed by atoms with van der Waals surface area (Å²) in [6, 6.07) is 1.79. The third kappa shape index (κ3) is 2.72. The molecule has 1 N–H and O–H groups in total. The molecule has 0 spiro atoms. The Morgan fingerprint density at radius 3 is 2.86 bits per heavy atom. The van der Waals surface area contributed by atoms with Gasteiger partial charge in [-0.15, -0.1) is 11.3 Å².